The summed E-state index contributed by atoms with van der Waals surface area (Å²) in [5, 5.41) is 17.4. The number of thiocarbonyl (C=S) groups is 1. The summed E-state index contributed by atoms with van der Waals surface area (Å²) >= 11 is 23.6. The van der Waals surface area contributed by atoms with E-state index < -0.39 is 12.1 Å². The second kappa shape index (κ2) is 10.7. The highest BCUT2D eigenvalue weighted by atomic mass is 35.5. The standard InChI is InChI=1S/C21H17Cl3N4O2S/c22-13-6-3-5-12(11-13)19(29)25-17-10-4-7-14(18(17)24)20(30)27-28-21(31)26-16-9-2-1-8-15(16)23/h1-11,19,25,29H,(H,27,30)(H2,26,28,31). The first-order valence-electron chi connectivity index (χ1n) is 8.95. The lowest BCUT2D eigenvalue weighted by Gasteiger charge is -2.17. The fourth-order valence-electron chi connectivity index (χ4n) is 2.62. The van der Waals surface area contributed by atoms with Gasteiger partial charge in [-0.25, -0.2) is 0 Å². The monoisotopic (exact) mass is 494 g/mol. The van der Waals surface area contributed by atoms with Crippen molar-refractivity contribution in [2.75, 3.05) is 10.6 Å². The molecule has 0 saturated carbocycles. The van der Waals surface area contributed by atoms with Crippen molar-refractivity contribution in [2.24, 2.45) is 0 Å². The number of halogens is 3. The summed E-state index contributed by atoms with van der Waals surface area (Å²) in [5.74, 6) is -0.519. The number of para-hydroxylation sites is 1. The van der Waals surface area contributed by atoms with Gasteiger partial charge in [-0.3, -0.25) is 15.6 Å². The van der Waals surface area contributed by atoms with Crippen LogP contribution in [0, 0.1) is 0 Å². The summed E-state index contributed by atoms with van der Waals surface area (Å²) < 4.78 is 0. The Kier molecular flexibility index (Phi) is 7.95. The van der Waals surface area contributed by atoms with E-state index in [-0.39, 0.29) is 15.7 Å². The minimum atomic E-state index is -1.07. The van der Waals surface area contributed by atoms with E-state index in [4.69, 9.17) is 47.0 Å². The predicted molar refractivity (Wildman–Crippen MR) is 130 cm³/mol. The third kappa shape index (κ3) is 6.22. The van der Waals surface area contributed by atoms with Crippen molar-refractivity contribution >= 4 is 69.4 Å². The summed E-state index contributed by atoms with van der Waals surface area (Å²) in [4.78, 5) is 12.6. The number of anilines is 2. The minimum absolute atomic E-state index is 0.132. The van der Waals surface area contributed by atoms with Gasteiger partial charge in [0, 0.05) is 10.6 Å². The fraction of sp³-hybridized carbons (Fsp3) is 0.0476. The van der Waals surface area contributed by atoms with Crippen molar-refractivity contribution in [2.45, 2.75) is 6.23 Å². The van der Waals surface area contributed by atoms with E-state index in [1.54, 1.807) is 66.7 Å². The zero-order chi connectivity index (χ0) is 22.4. The van der Waals surface area contributed by atoms with Crippen LogP contribution in [0.4, 0.5) is 11.4 Å². The van der Waals surface area contributed by atoms with Gasteiger partial charge in [0.05, 0.1) is 27.0 Å². The number of hydrogen-bond donors (Lipinski definition) is 5. The highest BCUT2D eigenvalue weighted by molar-refractivity contribution is 7.80. The lowest BCUT2D eigenvalue weighted by molar-refractivity contribution is 0.0944. The molecule has 31 heavy (non-hydrogen) atoms. The summed E-state index contributed by atoms with van der Waals surface area (Å²) in [6.07, 6.45) is -1.07. The molecule has 0 spiro atoms. The first-order chi connectivity index (χ1) is 14.8. The normalized spacial score (nSPS) is 11.4. The molecule has 0 aliphatic heterocycles. The van der Waals surface area contributed by atoms with Gasteiger partial charge >= 0.3 is 0 Å². The molecular formula is C21H17Cl3N4O2S. The summed E-state index contributed by atoms with van der Waals surface area (Å²) in [6.45, 7) is 0. The van der Waals surface area contributed by atoms with E-state index >= 15 is 0 Å². The van der Waals surface area contributed by atoms with Gasteiger partial charge in [-0.2, -0.15) is 0 Å². The third-order valence-corrected chi connectivity index (χ3v) is 5.29. The highest BCUT2D eigenvalue weighted by Crippen LogP contribution is 2.29. The second-order valence-corrected chi connectivity index (χ2v) is 7.91. The van der Waals surface area contributed by atoms with Gasteiger partial charge in [-0.1, -0.05) is 65.1 Å². The number of aliphatic hydroxyl groups is 1. The smallest absolute Gasteiger partial charge is 0.271 e. The minimum Gasteiger partial charge on any atom is -0.369 e. The Morgan fingerprint density at radius 3 is 2.35 bits per heavy atom. The Balaban J connectivity index is 1.64. The summed E-state index contributed by atoms with van der Waals surface area (Å²) in [7, 11) is 0. The molecule has 0 heterocycles. The van der Waals surface area contributed by atoms with E-state index in [1.165, 1.54) is 0 Å². The fourth-order valence-corrected chi connectivity index (χ4v) is 3.43. The van der Waals surface area contributed by atoms with E-state index in [0.717, 1.165) is 0 Å². The van der Waals surface area contributed by atoms with Crippen LogP contribution >= 0.6 is 47.0 Å². The molecule has 0 saturated heterocycles. The lowest BCUT2D eigenvalue weighted by Crippen LogP contribution is -2.43. The lowest BCUT2D eigenvalue weighted by atomic mass is 10.1. The van der Waals surface area contributed by atoms with Crippen molar-refractivity contribution in [1.82, 2.24) is 10.9 Å². The molecular weight excluding hydrogens is 479 g/mol. The average molecular weight is 496 g/mol. The zero-order valence-corrected chi connectivity index (χ0v) is 18.9. The van der Waals surface area contributed by atoms with Crippen LogP contribution < -0.4 is 21.5 Å². The van der Waals surface area contributed by atoms with Crippen LogP contribution in [0.15, 0.2) is 66.7 Å². The van der Waals surface area contributed by atoms with Gasteiger partial charge in [0.1, 0.15) is 0 Å². The van der Waals surface area contributed by atoms with Gasteiger partial charge in [0.25, 0.3) is 5.91 Å². The number of hydrogen-bond acceptors (Lipinski definition) is 4. The molecule has 160 valence electrons. The van der Waals surface area contributed by atoms with Crippen molar-refractivity contribution < 1.29 is 9.90 Å². The van der Waals surface area contributed by atoms with Gasteiger partial charge in [0.2, 0.25) is 0 Å². The number of nitrogens with one attached hydrogen (secondary N) is 4. The van der Waals surface area contributed by atoms with Crippen LogP contribution in [-0.4, -0.2) is 16.1 Å². The topological polar surface area (TPSA) is 85.4 Å². The molecule has 0 aliphatic carbocycles. The molecule has 0 bridgehead atoms. The van der Waals surface area contributed by atoms with Crippen molar-refractivity contribution in [1.29, 1.82) is 0 Å². The molecule has 0 aliphatic rings. The highest BCUT2D eigenvalue weighted by Gasteiger charge is 2.16. The zero-order valence-electron chi connectivity index (χ0n) is 15.8. The van der Waals surface area contributed by atoms with Crippen LogP contribution in [0.1, 0.15) is 22.1 Å². The number of amides is 1. The van der Waals surface area contributed by atoms with Gasteiger partial charge in [0.15, 0.2) is 11.3 Å². The Labute approximate surface area is 199 Å². The number of carbonyl (C=O) groups is 1. The van der Waals surface area contributed by atoms with Crippen molar-refractivity contribution in [3.63, 3.8) is 0 Å². The maximum absolute atomic E-state index is 12.6. The second-order valence-electron chi connectivity index (χ2n) is 6.28. The predicted octanol–water partition coefficient (Wildman–Crippen LogP) is 5.38. The van der Waals surface area contributed by atoms with Crippen LogP contribution in [-0.2, 0) is 0 Å². The van der Waals surface area contributed by atoms with Crippen LogP contribution in [0.25, 0.3) is 0 Å². The largest absolute Gasteiger partial charge is 0.369 e. The molecule has 1 amide bonds. The molecule has 1 atom stereocenters. The molecule has 3 rings (SSSR count). The van der Waals surface area contributed by atoms with Crippen LogP contribution in [0.2, 0.25) is 15.1 Å². The van der Waals surface area contributed by atoms with E-state index in [0.29, 0.717) is 27.0 Å². The molecule has 10 heteroatoms. The molecule has 3 aromatic rings. The van der Waals surface area contributed by atoms with Crippen molar-refractivity contribution in [3.8, 4) is 0 Å². The maximum atomic E-state index is 12.6. The molecule has 0 aromatic heterocycles. The number of carbonyl (C=O) groups excluding carboxylic acids is 1. The van der Waals surface area contributed by atoms with E-state index in [2.05, 4.69) is 21.5 Å². The Morgan fingerprint density at radius 1 is 0.903 bits per heavy atom. The van der Waals surface area contributed by atoms with Crippen LogP contribution in [0.3, 0.4) is 0 Å². The molecule has 0 radical (unpaired) electrons. The Bertz CT molecular complexity index is 1110. The van der Waals surface area contributed by atoms with Gasteiger partial charge in [-0.15, -0.1) is 0 Å². The first-order valence-corrected chi connectivity index (χ1v) is 10.5. The molecule has 0 fully saturated rings. The number of hydrazine groups is 1. The van der Waals surface area contributed by atoms with E-state index in [1.807, 2.05) is 0 Å². The van der Waals surface area contributed by atoms with Crippen LogP contribution in [0.5, 0.6) is 0 Å². The number of aliphatic hydroxyl groups excluding tert-OH is 1. The summed E-state index contributed by atoms with van der Waals surface area (Å²) in [6, 6.07) is 18.6. The number of benzene rings is 3. The maximum Gasteiger partial charge on any atom is 0.271 e. The van der Waals surface area contributed by atoms with Crippen molar-refractivity contribution in [3.05, 3.63) is 92.9 Å². The SMILES string of the molecule is O=C(NNC(=S)Nc1ccccc1Cl)c1cccc(NC(O)c2cccc(Cl)c2)c1Cl. The van der Waals surface area contributed by atoms with E-state index in [9.17, 15) is 9.90 Å². The molecule has 3 aromatic carbocycles. The van der Waals surface area contributed by atoms with Gasteiger partial charge < -0.3 is 15.7 Å². The molecule has 1 unspecified atom stereocenters. The first kappa shape index (κ1) is 23.1. The average Bonchev–Trinajstić information content (AvgIpc) is 2.75. The summed E-state index contributed by atoms with van der Waals surface area (Å²) in [5.41, 5.74) is 6.76. The Hall–Kier alpha value is -2.55. The Morgan fingerprint density at radius 2 is 1.61 bits per heavy atom. The number of rotatable bonds is 5. The molecule has 6 nitrogen and oxygen atoms in total. The molecule has 5 N–H and O–H groups in total. The quantitative estimate of drug-likeness (QED) is 0.186. The third-order valence-electron chi connectivity index (χ3n) is 4.11. The van der Waals surface area contributed by atoms with Gasteiger partial charge in [-0.05, 0) is 48.6 Å².